The number of ether oxygens (including phenoxy) is 1. The molecule has 1 amide bonds. The van der Waals surface area contributed by atoms with E-state index in [9.17, 15) is 26.7 Å². The normalized spacial score (nSPS) is 16.2. The number of carbonyl (C=O) groups is 1. The number of hydrazone groups is 1. The second-order valence-electron chi connectivity index (χ2n) is 6.80. The van der Waals surface area contributed by atoms with Crippen LogP contribution in [0.2, 0.25) is 5.02 Å². The molecule has 0 aromatic heterocycles. The van der Waals surface area contributed by atoms with Gasteiger partial charge in [0.15, 0.2) is 23.3 Å². The van der Waals surface area contributed by atoms with Crippen LogP contribution in [0.1, 0.15) is 32.8 Å². The van der Waals surface area contributed by atoms with Crippen LogP contribution in [0.25, 0.3) is 6.08 Å². The van der Waals surface area contributed by atoms with Crippen LogP contribution in [-0.2, 0) is 4.79 Å². The monoisotopic (exact) mass is 458 g/mol. The fraction of sp³-hybridized carbons (Fsp3) is 0.238. The molecule has 0 bridgehead atoms. The van der Waals surface area contributed by atoms with Crippen molar-refractivity contribution in [1.82, 2.24) is 0 Å². The molecule has 2 aromatic rings. The molecule has 4 nitrogen and oxygen atoms in total. The van der Waals surface area contributed by atoms with Crippen molar-refractivity contribution in [3.05, 3.63) is 63.4 Å². The van der Waals surface area contributed by atoms with Gasteiger partial charge >= 0.3 is 0 Å². The largest absolute Gasteiger partial charge is 0.490 e. The first-order valence-electron chi connectivity index (χ1n) is 9.16. The number of anilines is 1. The minimum absolute atomic E-state index is 0.00315. The summed E-state index contributed by atoms with van der Waals surface area (Å²) < 4.78 is 74.6. The number of benzene rings is 2. The third kappa shape index (κ3) is 4.14. The van der Waals surface area contributed by atoms with Gasteiger partial charge in [-0.2, -0.15) is 10.1 Å². The maximum Gasteiger partial charge on any atom is 0.280 e. The van der Waals surface area contributed by atoms with Crippen LogP contribution in [0.5, 0.6) is 5.75 Å². The molecule has 1 atom stereocenters. The van der Waals surface area contributed by atoms with Gasteiger partial charge in [0.25, 0.3) is 5.91 Å². The third-order valence-electron chi connectivity index (χ3n) is 4.64. The Morgan fingerprint density at radius 2 is 1.68 bits per heavy atom. The van der Waals surface area contributed by atoms with E-state index in [1.165, 1.54) is 19.1 Å². The fourth-order valence-electron chi connectivity index (χ4n) is 2.81. The first kappa shape index (κ1) is 22.7. The molecular formula is C21H16ClF5N2O2. The van der Waals surface area contributed by atoms with E-state index in [4.69, 9.17) is 16.3 Å². The highest BCUT2D eigenvalue weighted by atomic mass is 35.5. The molecule has 0 unspecified atom stereocenters. The predicted octanol–water partition coefficient (Wildman–Crippen LogP) is 6.02. The molecule has 1 heterocycles. The molecule has 1 aliphatic rings. The van der Waals surface area contributed by atoms with E-state index >= 15 is 0 Å². The van der Waals surface area contributed by atoms with Crippen molar-refractivity contribution in [3.63, 3.8) is 0 Å². The van der Waals surface area contributed by atoms with Crippen LogP contribution < -0.4 is 9.75 Å². The van der Waals surface area contributed by atoms with E-state index in [1.54, 1.807) is 12.1 Å². The third-order valence-corrected chi connectivity index (χ3v) is 4.87. The summed E-state index contributed by atoms with van der Waals surface area (Å²) in [6.07, 6.45) is 1.88. The molecule has 10 heteroatoms. The molecule has 0 fully saturated rings. The van der Waals surface area contributed by atoms with Crippen molar-refractivity contribution in [2.75, 3.05) is 5.01 Å². The van der Waals surface area contributed by atoms with E-state index in [2.05, 4.69) is 5.10 Å². The van der Waals surface area contributed by atoms with Gasteiger partial charge in [0.1, 0.15) is 11.4 Å². The summed E-state index contributed by atoms with van der Waals surface area (Å²) in [5.74, 6) is -11.7. The molecule has 0 radical (unpaired) electrons. The molecule has 0 aliphatic carbocycles. The predicted molar refractivity (Wildman–Crippen MR) is 107 cm³/mol. The lowest BCUT2D eigenvalue weighted by Crippen LogP contribution is -2.25. The van der Waals surface area contributed by atoms with Crippen LogP contribution >= 0.6 is 11.6 Å². The Hall–Kier alpha value is -2.94. The van der Waals surface area contributed by atoms with Gasteiger partial charge in [0.05, 0.1) is 17.4 Å². The van der Waals surface area contributed by atoms with Crippen molar-refractivity contribution >= 4 is 35.0 Å². The Morgan fingerprint density at radius 1 is 1.10 bits per heavy atom. The van der Waals surface area contributed by atoms with Crippen LogP contribution in [0.3, 0.4) is 0 Å². The number of hydrogen-bond donors (Lipinski definition) is 0. The zero-order valence-electron chi connectivity index (χ0n) is 16.6. The lowest BCUT2D eigenvalue weighted by atomic mass is 10.1. The summed E-state index contributed by atoms with van der Waals surface area (Å²) in [5.41, 5.74) is -1.19. The van der Waals surface area contributed by atoms with Gasteiger partial charge in [-0.3, -0.25) is 4.79 Å². The van der Waals surface area contributed by atoms with Crippen LogP contribution in [-0.4, -0.2) is 17.7 Å². The summed E-state index contributed by atoms with van der Waals surface area (Å²) in [4.78, 5) is 12.8. The second-order valence-corrected chi connectivity index (χ2v) is 7.23. The highest BCUT2D eigenvalue weighted by Crippen LogP contribution is 2.35. The van der Waals surface area contributed by atoms with Gasteiger partial charge in [0, 0.05) is 10.6 Å². The van der Waals surface area contributed by atoms with Gasteiger partial charge in [0.2, 0.25) is 5.82 Å². The molecular weight excluding hydrogens is 443 g/mol. The van der Waals surface area contributed by atoms with E-state index < -0.39 is 40.7 Å². The molecule has 164 valence electrons. The smallest absolute Gasteiger partial charge is 0.280 e. The Morgan fingerprint density at radius 3 is 2.26 bits per heavy atom. The van der Waals surface area contributed by atoms with Crippen LogP contribution in [0, 0.1) is 29.1 Å². The Kier molecular flexibility index (Phi) is 6.35. The first-order chi connectivity index (χ1) is 14.6. The maximum absolute atomic E-state index is 14.2. The van der Waals surface area contributed by atoms with E-state index in [0.29, 0.717) is 22.8 Å². The first-order valence-corrected chi connectivity index (χ1v) is 9.53. The topological polar surface area (TPSA) is 41.9 Å². The Labute approximate surface area is 179 Å². The number of amides is 1. The van der Waals surface area contributed by atoms with Crippen LogP contribution in [0.15, 0.2) is 28.9 Å². The average Bonchev–Trinajstić information content (AvgIpc) is 3.00. The van der Waals surface area contributed by atoms with Crippen molar-refractivity contribution in [2.24, 2.45) is 5.10 Å². The van der Waals surface area contributed by atoms with Crippen LogP contribution in [0.4, 0.5) is 27.6 Å². The summed E-state index contributed by atoms with van der Waals surface area (Å²) in [7, 11) is 0. The molecule has 0 N–H and O–H groups in total. The van der Waals surface area contributed by atoms with Gasteiger partial charge in [-0.15, -0.1) is 0 Å². The van der Waals surface area contributed by atoms with Crippen molar-refractivity contribution in [1.29, 1.82) is 0 Å². The van der Waals surface area contributed by atoms with Crippen molar-refractivity contribution < 1.29 is 31.5 Å². The zero-order chi connectivity index (χ0) is 23.0. The summed E-state index contributed by atoms with van der Waals surface area (Å²) >= 11 is 6.03. The summed E-state index contributed by atoms with van der Waals surface area (Å²) in [6, 6.07) is 4.68. The lowest BCUT2D eigenvalue weighted by Gasteiger charge is -2.16. The SMILES string of the molecule is CC[C@@H](C)Oc1ccc(Cl)cc1/C=C1\C(=O)N(c2c(F)c(F)c(F)c(F)c2F)N=C1C. The molecule has 0 spiro atoms. The molecule has 2 aromatic carbocycles. The van der Waals surface area contributed by atoms with Gasteiger partial charge in [-0.25, -0.2) is 22.0 Å². The standard InChI is InChI=1S/C21H16ClF5N2O2/c1-4-9(2)31-14-6-5-12(22)7-11(14)8-13-10(3)28-29(21(13)30)20-18(26)16(24)15(23)17(25)19(20)27/h5-9H,4H2,1-3H3/b13-8-/t9-/m1/s1. The quantitative estimate of drug-likeness (QED) is 0.238. The van der Waals surface area contributed by atoms with Gasteiger partial charge < -0.3 is 4.74 Å². The zero-order valence-corrected chi connectivity index (χ0v) is 17.3. The van der Waals surface area contributed by atoms with Gasteiger partial charge in [-0.1, -0.05) is 18.5 Å². The Balaban J connectivity index is 2.08. The van der Waals surface area contributed by atoms with E-state index in [-0.39, 0.29) is 22.4 Å². The van der Waals surface area contributed by atoms with E-state index in [1.807, 2.05) is 13.8 Å². The molecule has 31 heavy (non-hydrogen) atoms. The molecule has 3 rings (SSSR count). The highest BCUT2D eigenvalue weighted by molar-refractivity contribution is 6.33. The minimum atomic E-state index is -2.33. The molecule has 0 saturated heterocycles. The maximum atomic E-state index is 14.2. The second kappa shape index (κ2) is 8.66. The lowest BCUT2D eigenvalue weighted by molar-refractivity contribution is -0.114. The highest BCUT2D eigenvalue weighted by Gasteiger charge is 2.37. The number of nitrogens with zero attached hydrogens (tertiary/aromatic N) is 2. The van der Waals surface area contributed by atoms with Gasteiger partial charge in [-0.05, 0) is 44.5 Å². The molecule has 0 saturated carbocycles. The number of halogens is 6. The Bertz CT molecular complexity index is 1100. The van der Waals surface area contributed by atoms with Crippen molar-refractivity contribution in [3.8, 4) is 5.75 Å². The van der Waals surface area contributed by atoms with E-state index in [0.717, 1.165) is 0 Å². The number of carbonyl (C=O) groups excluding carboxylic acids is 1. The fourth-order valence-corrected chi connectivity index (χ4v) is 2.99. The number of hydrogen-bond acceptors (Lipinski definition) is 3. The summed E-state index contributed by atoms with van der Waals surface area (Å²) in [6.45, 7) is 5.11. The average molecular weight is 459 g/mol. The number of rotatable bonds is 5. The summed E-state index contributed by atoms with van der Waals surface area (Å²) in [5, 5.41) is 4.19. The van der Waals surface area contributed by atoms with Crippen molar-refractivity contribution in [2.45, 2.75) is 33.3 Å². The minimum Gasteiger partial charge on any atom is -0.490 e. The molecule has 1 aliphatic heterocycles.